The largest absolute Gasteiger partial charge is 0.388 e. The Balaban J connectivity index is 0.949. The lowest BCUT2D eigenvalue weighted by Gasteiger charge is -2.59. The van der Waals surface area contributed by atoms with E-state index in [4.69, 9.17) is 0 Å². The predicted molar refractivity (Wildman–Crippen MR) is 181 cm³/mol. The fourth-order valence-electron chi connectivity index (χ4n) is 14.2. The Bertz CT molecular complexity index is 1250. The molecular weight excluding hydrogens is 577 g/mol. The van der Waals surface area contributed by atoms with Gasteiger partial charge >= 0.3 is 0 Å². The minimum atomic E-state index is -0.668. The highest BCUT2D eigenvalue weighted by Gasteiger charge is 2.66. The Morgan fingerprint density at radius 1 is 0.578 bits per heavy atom. The fraction of sp³-hybridized carbons (Fsp3) is 0.850. The molecule has 0 heterocycles. The molecule has 8 rings (SSSR count). The normalized spacial score (nSPS) is 53.7. The van der Waals surface area contributed by atoms with Crippen molar-refractivity contribution in [3.63, 3.8) is 0 Å². The first-order chi connectivity index (χ1) is 21.3. The average Bonchev–Trinajstić information content (AvgIpc) is 3.43. The van der Waals surface area contributed by atoms with Crippen LogP contribution in [0.15, 0.2) is 23.3 Å². The highest BCUT2D eigenvalue weighted by molar-refractivity contribution is 7.99. The third-order valence-corrected chi connectivity index (χ3v) is 18.6. The molecule has 0 radical (unpaired) electrons. The van der Waals surface area contributed by atoms with E-state index in [0.717, 1.165) is 75.7 Å². The maximum absolute atomic E-state index is 12.4. The summed E-state index contributed by atoms with van der Waals surface area (Å²) in [4.78, 5) is 24.5. The smallest absolute Gasteiger partial charge is 0.155 e. The Morgan fingerprint density at radius 3 is 1.40 bits per heavy atom. The summed E-state index contributed by atoms with van der Waals surface area (Å²) in [6.45, 7) is 9.72. The van der Waals surface area contributed by atoms with Crippen LogP contribution in [0.2, 0.25) is 0 Å². The fourth-order valence-corrected chi connectivity index (χ4v) is 15.9. The summed E-state index contributed by atoms with van der Waals surface area (Å²) < 4.78 is 0. The molecule has 12 unspecified atom stereocenters. The van der Waals surface area contributed by atoms with Crippen molar-refractivity contribution in [3.8, 4) is 0 Å². The second-order valence-corrected chi connectivity index (χ2v) is 19.5. The van der Waals surface area contributed by atoms with Crippen molar-refractivity contribution < 1.29 is 19.8 Å². The number of hydrogen-bond donors (Lipinski definition) is 2. The minimum Gasteiger partial charge on any atom is -0.388 e. The Morgan fingerprint density at radius 2 is 0.978 bits per heavy atom. The van der Waals surface area contributed by atoms with E-state index in [1.807, 2.05) is 23.9 Å². The molecule has 0 spiro atoms. The van der Waals surface area contributed by atoms with Crippen molar-refractivity contribution in [3.05, 3.63) is 23.3 Å². The summed E-state index contributed by atoms with van der Waals surface area (Å²) in [5.74, 6) is 5.86. The van der Waals surface area contributed by atoms with Crippen LogP contribution in [0.3, 0.4) is 0 Å². The third-order valence-electron chi connectivity index (χ3n) is 17.2. The summed E-state index contributed by atoms with van der Waals surface area (Å²) in [6, 6.07) is 0. The van der Waals surface area contributed by atoms with E-state index in [1.54, 1.807) is 0 Å². The average molecular weight is 635 g/mol. The molecule has 2 N–H and O–H groups in total. The zero-order chi connectivity index (χ0) is 31.6. The van der Waals surface area contributed by atoms with Crippen molar-refractivity contribution in [1.82, 2.24) is 0 Å². The van der Waals surface area contributed by atoms with E-state index < -0.39 is 11.2 Å². The van der Waals surface area contributed by atoms with Crippen molar-refractivity contribution >= 4 is 23.3 Å². The standard InChI is InChI=1S/C40H58O4S/c1-35-15-9-27(41)21-25(35)5-7-29-31(35)11-17-37(3)33(29)13-19-39(37,43)23-45-24-40(44)20-14-34-30-8-6-26-22-28(42)10-16-36(26,2)32(30)12-18-38(34,40)4/h21-22,29-34,43-44H,5-20,23-24H2,1-4H3. The highest BCUT2D eigenvalue weighted by Crippen LogP contribution is 2.70. The zero-order valence-electron chi connectivity index (χ0n) is 28.5. The third kappa shape index (κ3) is 4.23. The topological polar surface area (TPSA) is 74.6 Å². The summed E-state index contributed by atoms with van der Waals surface area (Å²) in [5, 5.41) is 24.9. The summed E-state index contributed by atoms with van der Waals surface area (Å²) in [6.07, 6.45) is 20.4. The maximum atomic E-state index is 12.4. The van der Waals surface area contributed by atoms with Crippen LogP contribution in [-0.4, -0.2) is 44.5 Å². The number of aliphatic hydroxyl groups is 2. The quantitative estimate of drug-likeness (QED) is 0.326. The van der Waals surface area contributed by atoms with E-state index >= 15 is 0 Å². The molecule has 45 heavy (non-hydrogen) atoms. The van der Waals surface area contributed by atoms with Gasteiger partial charge in [0.1, 0.15) is 0 Å². The van der Waals surface area contributed by atoms with Gasteiger partial charge in [0.15, 0.2) is 11.6 Å². The summed E-state index contributed by atoms with van der Waals surface area (Å²) in [7, 11) is 0. The van der Waals surface area contributed by atoms with Gasteiger partial charge in [0.25, 0.3) is 0 Å². The predicted octanol–water partition coefficient (Wildman–Crippen LogP) is 8.25. The molecule has 6 fully saturated rings. The van der Waals surface area contributed by atoms with E-state index in [0.29, 0.717) is 59.9 Å². The molecular formula is C40H58O4S. The number of ketones is 2. The van der Waals surface area contributed by atoms with Crippen LogP contribution >= 0.6 is 11.8 Å². The number of carbonyl (C=O) groups is 2. The molecule has 0 aromatic heterocycles. The van der Waals surface area contributed by atoms with Gasteiger partial charge in [-0.2, -0.15) is 11.8 Å². The molecule has 0 aromatic rings. The van der Waals surface area contributed by atoms with Gasteiger partial charge in [0, 0.05) is 35.2 Å². The van der Waals surface area contributed by atoms with Gasteiger partial charge in [-0.15, -0.1) is 0 Å². The first-order valence-electron chi connectivity index (χ1n) is 18.8. The SMILES string of the molecule is CC12CCC(=O)C=C1CCC1C2CCC2(C)C1CCC2(O)CSCC1(O)CCC2C3CCC4=CC(=O)CCC4(C)C3CCC21C. The number of thioether (sulfide) groups is 1. The summed E-state index contributed by atoms with van der Waals surface area (Å²) >= 11 is 1.85. The van der Waals surface area contributed by atoms with Crippen molar-refractivity contribution in [2.45, 2.75) is 142 Å². The number of rotatable bonds is 4. The van der Waals surface area contributed by atoms with Gasteiger partial charge in [0.2, 0.25) is 0 Å². The second-order valence-electron chi connectivity index (χ2n) is 18.5. The monoisotopic (exact) mass is 634 g/mol. The lowest BCUT2D eigenvalue weighted by atomic mass is 9.46. The van der Waals surface area contributed by atoms with Gasteiger partial charge in [0.05, 0.1) is 11.2 Å². The zero-order valence-corrected chi connectivity index (χ0v) is 29.3. The lowest BCUT2D eigenvalue weighted by Crippen LogP contribution is -2.56. The molecule has 0 aliphatic heterocycles. The van der Waals surface area contributed by atoms with Gasteiger partial charge in [-0.05, 0) is 148 Å². The van der Waals surface area contributed by atoms with Crippen molar-refractivity contribution in [2.75, 3.05) is 11.5 Å². The number of carbonyl (C=O) groups excluding carboxylic acids is 2. The van der Waals surface area contributed by atoms with Crippen LogP contribution < -0.4 is 0 Å². The molecule has 8 aliphatic rings. The van der Waals surface area contributed by atoms with Crippen LogP contribution in [-0.2, 0) is 9.59 Å². The van der Waals surface area contributed by atoms with E-state index in [-0.39, 0.29) is 21.7 Å². The number of fused-ring (bicyclic) bond motifs is 10. The van der Waals surface area contributed by atoms with E-state index in [2.05, 4.69) is 27.7 Å². The maximum Gasteiger partial charge on any atom is 0.155 e. The van der Waals surface area contributed by atoms with Gasteiger partial charge in [-0.1, -0.05) is 38.8 Å². The van der Waals surface area contributed by atoms with Crippen molar-refractivity contribution in [1.29, 1.82) is 0 Å². The summed E-state index contributed by atoms with van der Waals surface area (Å²) in [5.41, 5.74) is 1.74. The van der Waals surface area contributed by atoms with Gasteiger partial charge < -0.3 is 10.2 Å². The number of hydrogen-bond acceptors (Lipinski definition) is 5. The van der Waals surface area contributed by atoms with E-state index in [1.165, 1.54) is 36.8 Å². The van der Waals surface area contributed by atoms with Gasteiger partial charge in [-0.3, -0.25) is 9.59 Å². The molecule has 6 saturated carbocycles. The molecule has 0 amide bonds. The molecule has 8 aliphatic carbocycles. The molecule has 12 atom stereocenters. The molecule has 0 aromatic carbocycles. The number of allylic oxidation sites excluding steroid dienone is 2. The first-order valence-corrected chi connectivity index (χ1v) is 19.9. The van der Waals surface area contributed by atoms with Gasteiger partial charge in [-0.25, -0.2) is 0 Å². The van der Waals surface area contributed by atoms with Crippen LogP contribution in [0.5, 0.6) is 0 Å². The second kappa shape index (κ2) is 10.3. The Kier molecular flexibility index (Phi) is 7.18. The molecule has 4 nitrogen and oxygen atoms in total. The minimum absolute atomic E-state index is 0.0594. The Hall–Kier alpha value is -0.910. The van der Waals surface area contributed by atoms with Crippen LogP contribution in [0, 0.1) is 57.2 Å². The highest BCUT2D eigenvalue weighted by atomic mass is 32.2. The molecule has 248 valence electrons. The molecule has 0 bridgehead atoms. The van der Waals surface area contributed by atoms with Crippen LogP contribution in [0.25, 0.3) is 0 Å². The Labute approximate surface area is 276 Å². The van der Waals surface area contributed by atoms with E-state index in [9.17, 15) is 19.8 Å². The van der Waals surface area contributed by atoms with Crippen LogP contribution in [0.1, 0.15) is 130 Å². The first kappa shape index (κ1) is 31.4. The lowest BCUT2D eigenvalue weighted by molar-refractivity contribution is -0.123. The molecule has 5 heteroatoms. The van der Waals surface area contributed by atoms with Crippen molar-refractivity contribution in [2.24, 2.45) is 57.2 Å². The van der Waals surface area contributed by atoms with Crippen LogP contribution in [0.4, 0.5) is 0 Å². The molecule has 0 saturated heterocycles.